The minimum Gasteiger partial charge on any atom is -0.354 e. The summed E-state index contributed by atoms with van der Waals surface area (Å²) in [5.74, 6) is -0.191. The predicted molar refractivity (Wildman–Crippen MR) is 82.0 cm³/mol. The van der Waals surface area contributed by atoms with Crippen molar-refractivity contribution in [2.75, 3.05) is 6.54 Å². The fraction of sp³-hybridized carbons (Fsp3) is 0.500. The van der Waals surface area contributed by atoms with Gasteiger partial charge in [0.2, 0.25) is 15.9 Å². The van der Waals surface area contributed by atoms with Crippen LogP contribution < -0.4 is 16.2 Å². The zero-order valence-electron chi connectivity index (χ0n) is 12.6. The maximum Gasteiger partial charge on any atom is 0.238 e. The summed E-state index contributed by atoms with van der Waals surface area (Å²) >= 11 is 0. The molecule has 0 aliphatic rings. The van der Waals surface area contributed by atoms with E-state index in [2.05, 4.69) is 5.32 Å². The molecule has 1 aromatic carbocycles. The van der Waals surface area contributed by atoms with Gasteiger partial charge in [-0.25, -0.2) is 13.6 Å². The highest BCUT2D eigenvalue weighted by atomic mass is 32.2. The molecule has 7 heteroatoms. The van der Waals surface area contributed by atoms with Crippen molar-refractivity contribution in [3.05, 3.63) is 29.8 Å². The molecule has 1 rings (SSSR count). The Hall–Kier alpha value is -1.44. The lowest BCUT2D eigenvalue weighted by molar-refractivity contribution is -0.124. The number of nitrogens with one attached hydrogen (secondary N) is 1. The number of nitrogens with two attached hydrogens (primary N) is 2. The van der Waals surface area contributed by atoms with Crippen LogP contribution >= 0.6 is 0 Å². The van der Waals surface area contributed by atoms with Crippen LogP contribution in [-0.2, 0) is 21.2 Å². The molecular weight excluding hydrogens is 290 g/mol. The van der Waals surface area contributed by atoms with E-state index < -0.39 is 16.1 Å². The van der Waals surface area contributed by atoms with Gasteiger partial charge < -0.3 is 11.1 Å². The van der Waals surface area contributed by atoms with Crippen molar-refractivity contribution in [2.45, 2.75) is 38.1 Å². The molecule has 0 unspecified atom stereocenters. The summed E-state index contributed by atoms with van der Waals surface area (Å²) in [5, 5.41) is 7.80. The van der Waals surface area contributed by atoms with E-state index in [-0.39, 0.29) is 16.2 Å². The molecule has 0 saturated heterocycles. The minimum atomic E-state index is -3.67. The normalized spacial score (nSPS) is 13.8. The van der Waals surface area contributed by atoms with Crippen molar-refractivity contribution in [3.8, 4) is 0 Å². The average Bonchev–Trinajstić information content (AvgIpc) is 2.36. The van der Waals surface area contributed by atoms with Gasteiger partial charge in [-0.15, -0.1) is 0 Å². The number of sulfonamides is 1. The Kier molecular flexibility index (Phi) is 5.49. The number of amides is 1. The van der Waals surface area contributed by atoms with E-state index in [9.17, 15) is 13.2 Å². The molecule has 0 aliphatic carbocycles. The fourth-order valence-corrected chi connectivity index (χ4v) is 2.19. The van der Waals surface area contributed by atoms with Gasteiger partial charge in [-0.3, -0.25) is 4.79 Å². The number of hydrogen-bond donors (Lipinski definition) is 3. The van der Waals surface area contributed by atoms with Crippen LogP contribution in [-0.4, -0.2) is 26.9 Å². The monoisotopic (exact) mass is 313 g/mol. The number of carbonyl (C=O) groups excluding carboxylic acids is 1. The number of carbonyl (C=O) groups is 1. The zero-order chi connectivity index (χ0) is 16.3. The lowest BCUT2D eigenvalue weighted by atomic mass is 9.87. The SMILES string of the molecule is CC(C)(C)[C@H](N)C(=O)NCCc1ccc(S(N)(=O)=O)cc1. The molecule has 118 valence electrons. The van der Waals surface area contributed by atoms with E-state index in [1.807, 2.05) is 20.8 Å². The molecule has 5 N–H and O–H groups in total. The number of hydrogen-bond acceptors (Lipinski definition) is 4. The lowest BCUT2D eigenvalue weighted by Gasteiger charge is -2.25. The van der Waals surface area contributed by atoms with Crippen molar-refractivity contribution in [2.24, 2.45) is 16.3 Å². The van der Waals surface area contributed by atoms with Gasteiger partial charge in [-0.2, -0.15) is 0 Å². The molecule has 1 amide bonds. The van der Waals surface area contributed by atoms with E-state index >= 15 is 0 Å². The van der Waals surface area contributed by atoms with Crippen molar-refractivity contribution >= 4 is 15.9 Å². The standard InChI is InChI=1S/C14H23N3O3S/c1-14(2,3)12(15)13(18)17-9-8-10-4-6-11(7-5-10)21(16,19)20/h4-7,12H,8-9,15H2,1-3H3,(H,17,18)(H2,16,19,20)/t12-/m1/s1. The third kappa shape index (κ3) is 5.45. The average molecular weight is 313 g/mol. The van der Waals surface area contributed by atoms with Gasteiger partial charge in [-0.1, -0.05) is 32.9 Å². The van der Waals surface area contributed by atoms with Crippen LogP contribution in [0.1, 0.15) is 26.3 Å². The quantitative estimate of drug-likeness (QED) is 0.728. The first-order chi connectivity index (χ1) is 9.51. The first-order valence-corrected chi connectivity index (χ1v) is 8.21. The smallest absolute Gasteiger partial charge is 0.238 e. The molecule has 21 heavy (non-hydrogen) atoms. The summed E-state index contributed by atoms with van der Waals surface area (Å²) in [6, 6.07) is 5.69. The van der Waals surface area contributed by atoms with E-state index in [0.29, 0.717) is 13.0 Å². The molecule has 1 atom stereocenters. The zero-order valence-corrected chi connectivity index (χ0v) is 13.4. The Morgan fingerprint density at radius 1 is 1.24 bits per heavy atom. The van der Waals surface area contributed by atoms with Gasteiger partial charge in [0, 0.05) is 6.54 Å². The van der Waals surface area contributed by atoms with Crippen molar-refractivity contribution in [1.82, 2.24) is 5.32 Å². The molecule has 0 aromatic heterocycles. The van der Waals surface area contributed by atoms with Crippen LogP contribution in [0.2, 0.25) is 0 Å². The van der Waals surface area contributed by atoms with Crippen LogP contribution in [0.25, 0.3) is 0 Å². The highest BCUT2D eigenvalue weighted by Gasteiger charge is 2.26. The summed E-state index contributed by atoms with van der Waals surface area (Å²) in [6.45, 7) is 6.16. The van der Waals surface area contributed by atoms with Crippen LogP contribution in [0.3, 0.4) is 0 Å². The molecular formula is C14H23N3O3S. The summed E-state index contributed by atoms with van der Waals surface area (Å²) < 4.78 is 22.2. The minimum absolute atomic E-state index is 0.0741. The maximum atomic E-state index is 11.8. The molecule has 0 spiro atoms. The predicted octanol–water partition coefficient (Wildman–Crippen LogP) is 0.366. The molecule has 0 saturated carbocycles. The van der Waals surface area contributed by atoms with Crippen LogP contribution in [0, 0.1) is 5.41 Å². The maximum absolute atomic E-state index is 11.8. The Morgan fingerprint density at radius 2 is 1.76 bits per heavy atom. The van der Waals surface area contributed by atoms with E-state index in [0.717, 1.165) is 5.56 Å². The Morgan fingerprint density at radius 3 is 2.19 bits per heavy atom. The third-order valence-electron chi connectivity index (χ3n) is 3.18. The van der Waals surface area contributed by atoms with Gasteiger partial charge in [0.05, 0.1) is 10.9 Å². The molecule has 0 radical (unpaired) electrons. The Bertz CT molecular complexity index is 589. The van der Waals surface area contributed by atoms with E-state index in [1.54, 1.807) is 12.1 Å². The summed E-state index contributed by atoms with van der Waals surface area (Å²) in [4.78, 5) is 11.9. The van der Waals surface area contributed by atoms with Gasteiger partial charge in [-0.05, 0) is 29.5 Å². The van der Waals surface area contributed by atoms with Crippen LogP contribution in [0.5, 0.6) is 0 Å². The largest absolute Gasteiger partial charge is 0.354 e. The number of benzene rings is 1. The van der Waals surface area contributed by atoms with Crippen molar-refractivity contribution in [1.29, 1.82) is 0 Å². The topological polar surface area (TPSA) is 115 Å². The molecule has 0 bridgehead atoms. The molecule has 6 nitrogen and oxygen atoms in total. The second-order valence-electron chi connectivity index (χ2n) is 6.07. The number of primary sulfonamides is 1. The fourth-order valence-electron chi connectivity index (χ4n) is 1.68. The summed E-state index contributed by atoms with van der Waals surface area (Å²) in [7, 11) is -3.67. The van der Waals surface area contributed by atoms with Crippen molar-refractivity contribution in [3.63, 3.8) is 0 Å². The van der Waals surface area contributed by atoms with Crippen molar-refractivity contribution < 1.29 is 13.2 Å². The van der Waals surface area contributed by atoms with E-state index in [1.165, 1.54) is 12.1 Å². The highest BCUT2D eigenvalue weighted by Crippen LogP contribution is 2.17. The second kappa shape index (κ2) is 6.55. The molecule has 0 fully saturated rings. The Labute approximate surface area is 126 Å². The van der Waals surface area contributed by atoms with Gasteiger partial charge in [0.25, 0.3) is 0 Å². The first-order valence-electron chi connectivity index (χ1n) is 6.67. The van der Waals surface area contributed by atoms with Gasteiger partial charge in [0.1, 0.15) is 0 Å². The van der Waals surface area contributed by atoms with Gasteiger partial charge in [0.15, 0.2) is 0 Å². The summed E-state index contributed by atoms with van der Waals surface area (Å²) in [5.41, 5.74) is 6.47. The Balaban J connectivity index is 2.52. The highest BCUT2D eigenvalue weighted by molar-refractivity contribution is 7.89. The van der Waals surface area contributed by atoms with Crippen LogP contribution in [0.15, 0.2) is 29.2 Å². The lowest BCUT2D eigenvalue weighted by Crippen LogP contribution is -2.48. The van der Waals surface area contributed by atoms with E-state index in [4.69, 9.17) is 10.9 Å². The first kappa shape index (κ1) is 17.6. The van der Waals surface area contributed by atoms with Gasteiger partial charge >= 0.3 is 0 Å². The third-order valence-corrected chi connectivity index (χ3v) is 4.11. The second-order valence-corrected chi connectivity index (χ2v) is 7.64. The number of rotatable bonds is 5. The van der Waals surface area contributed by atoms with Crippen LogP contribution in [0.4, 0.5) is 0 Å². The molecule has 1 aromatic rings. The molecule has 0 heterocycles. The molecule has 0 aliphatic heterocycles. The summed E-state index contributed by atoms with van der Waals surface area (Å²) in [6.07, 6.45) is 0.591.